The van der Waals surface area contributed by atoms with Gasteiger partial charge in [0.15, 0.2) is 0 Å². The van der Waals surface area contributed by atoms with Gasteiger partial charge in [-0.3, -0.25) is 0 Å². The Morgan fingerprint density at radius 2 is 1.56 bits per heavy atom. The van der Waals surface area contributed by atoms with Crippen molar-refractivity contribution >= 4 is 0 Å². The summed E-state index contributed by atoms with van der Waals surface area (Å²) >= 11 is 0. The Morgan fingerprint density at radius 1 is 0.960 bits per heavy atom. The van der Waals surface area contributed by atoms with Crippen LogP contribution in [0.15, 0.2) is 54.6 Å². The second kappa shape index (κ2) is 12.8. The first-order valence-corrected chi connectivity index (χ1v) is 9.11. The molecular weight excluding hydrogens is 379 g/mol. The second-order valence-electron chi connectivity index (χ2n) is 6.24. The van der Waals surface area contributed by atoms with Crippen molar-refractivity contribution in [2.24, 2.45) is 5.92 Å². The van der Waals surface area contributed by atoms with Crippen LogP contribution in [-0.4, -0.2) is 25.0 Å². The van der Waals surface area contributed by atoms with Gasteiger partial charge in [0.25, 0.3) is 0 Å². The Hall–Kier alpha value is -0.496. The average Bonchev–Trinajstić information content (AvgIpc) is 2.63. The van der Waals surface area contributed by atoms with Crippen molar-refractivity contribution in [2.45, 2.75) is 39.5 Å². The largest absolute Gasteiger partial charge is 0.358 e. The Labute approximate surface area is 181 Å². The van der Waals surface area contributed by atoms with Crippen molar-refractivity contribution in [3.05, 3.63) is 78.7 Å². The fourth-order valence-corrected chi connectivity index (χ4v) is 3.66. The fourth-order valence-electron chi connectivity index (χ4n) is 3.66. The second-order valence-corrected chi connectivity index (χ2v) is 6.24. The van der Waals surface area contributed by atoms with E-state index in [1.54, 1.807) is 11.1 Å². The smallest absolute Gasteiger partial charge is 0.0133 e. The van der Waals surface area contributed by atoms with Gasteiger partial charge in [-0.05, 0) is 49.0 Å². The van der Waals surface area contributed by atoms with Gasteiger partial charge in [-0.1, -0.05) is 75.4 Å². The first kappa shape index (κ1) is 24.5. The van der Waals surface area contributed by atoms with E-state index in [1.807, 2.05) is 13.8 Å². The van der Waals surface area contributed by atoms with Gasteiger partial charge in [-0.2, -0.15) is 0 Å². The van der Waals surface area contributed by atoms with Crippen molar-refractivity contribution < 1.29 is 32.7 Å². The first-order valence-electron chi connectivity index (χ1n) is 9.11. The Kier molecular flexibility index (Phi) is 12.5. The predicted octanol–water partition coefficient (Wildman–Crippen LogP) is 5.81. The van der Waals surface area contributed by atoms with Crippen LogP contribution in [0.4, 0.5) is 0 Å². The molecule has 0 saturated carbocycles. The van der Waals surface area contributed by atoms with Crippen LogP contribution in [0.2, 0.25) is 0 Å². The molecule has 1 aliphatic carbocycles. The number of nitrogens with zero attached hydrogens (tertiary/aromatic N) is 1. The van der Waals surface area contributed by atoms with E-state index in [-0.39, 0.29) is 40.1 Å². The zero-order valence-corrected chi connectivity index (χ0v) is 19.5. The van der Waals surface area contributed by atoms with Crippen molar-refractivity contribution in [1.82, 2.24) is 4.90 Å². The summed E-state index contributed by atoms with van der Waals surface area (Å²) in [6.45, 7) is 8.55. The molecule has 0 spiro atoms. The fraction of sp³-hybridized carbons (Fsp3) is 0.435. The van der Waals surface area contributed by atoms with Crippen molar-refractivity contribution in [3.8, 4) is 0 Å². The molecule has 0 bridgehead atoms. The van der Waals surface area contributed by atoms with E-state index < -0.39 is 0 Å². The Balaban J connectivity index is 0.00000139. The van der Waals surface area contributed by atoms with E-state index in [0.717, 1.165) is 6.54 Å². The third-order valence-electron chi connectivity index (χ3n) is 4.89. The molecule has 1 radical (unpaired) electrons. The van der Waals surface area contributed by atoms with Crippen LogP contribution in [0.5, 0.6) is 0 Å². The monoisotopic (exact) mass is 413 g/mol. The zero-order chi connectivity index (χ0) is 16.7. The summed E-state index contributed by atoms with van der Waals surface area (Å²) < 4.78 is 0. The summed E-state index contributed by atoms with van der Waals surface area (Å²) in [4.78, 5) is 2.45. The van der Waals surface area contributed by atoms with E-state index in [0.29, 0.717) is 11.8 Å². The molecule has 2 unspecified atom stereocenters. The van der Waals surface area contributed by atoms with Crippen LogP contribution in [0.1, 0.15) is 49.8 Å². The SMILES string of the molecule is CC.CCN(C)CC1CCc2ccccc2C1c1ccccc1.[CH3-].[Y]. The van der Waals surface area contributed by atoms with Crippen LogP contribution in [0.25, 0.3) is 0 Å². The molecule has 0 amide bonds. The molecule has 1 aliphatic rings. The summed E-state index contributed by atoms with van der Waals surface area (Å²) in [7, 11) is 2.24. The number of fused-ring (bicyclic) bond motifs is 1. The standard InChI is InChI=1S/C20H25N.C2H6.CH3.Y/c1-3-21(2)15-18-14-13-16-9-7-8-12-19(16)20(18)17-10-5-4-6-11-17;1-2;;/h4-12,18,20H,3,13-15H2,1-2H3;1-2H3;1H3;/q;;-1;. The third-order valence-corrected chi connectivity index (χ3v) is 4.89. The molecule has 0 heterocycles. The van der Waals surface area contributed by atoms with Crippen LogP contribution in [-0.2, 0) is 39.1 Å². The first-order chi connectivity index (χ1) is 11.3. The molecular formula is C23H34NY-. The minimum atomic E-state index is 0. The number of rotatable bonds is 4. The number of hydrogen-bond acceptors (Lipinski definition) is 1. The maximum atomic E-state index is 2.45. The summed E-state index contributed by atoms with van der Waals surface area (Å²) in [6.07, 6.45) is 2.52. The normalized spacial score (nSPS) is 18.1. The number of benzene rings is 2. The predicted molar refractivity (Wildman–Crippen MR) is 107 cm³/mol. The van der Waals surface area contributed by atoms with Crippen LogP contribution in [0, 0.1) is 13.3 Å². The molecule has 0 aliphatic heterocycles. The van der Waals surface area contributed by atoms with Gasteiger partial charge in [0.05, 0.1) is 0 Å². The van der Waals surface area contributed by atoms with Crippen LogP contribution < -0.4 is 0 Å². The van der Waals surface area contributed by atoms with Gasteiger partial charge in [0.1, 0.15) is 0 Å². The molecule has 2 heteroatoms. The molecule has 0 aromatic heterocycles. The molecule has 0 saturated heterocycles. The molecule has 1 nitrogen and oxygen atoms in total. The van der Waals surface area contributed by atoms with Gasteiger partial charge in [-0.25, -0.2) is 0 Å². The van der Waals surface area contributed by atoms with Gasteiger partial charge in [0.2, 0.25) is 0 Å². The topological polar surface area (TPSA) is 3.24 Å². The molecule has 135 valence electrons. The van der Waals surface area contributed by atoms with Crippen molar-refractivity contribution in [3.63, 3.8) is 0 Å². The zero-order valence-electron chi connectivity index (χ0n) is 16.7. The van der Waals surface area contributed by atoms with E-state index in [2.05, 4.69) is 73.5 Å². The van der Waals surface area contributed by atoms with E-state index in [9.17, 15) is 0 Å². The van der Waals surface area contributed by atoms with Gasteiger partial charge in [0, 0.05) is 45.2 Å². The average molecular weight is 413 g/mol. The van der Waals surface area contributed by atoms with E-state index >= 15 is 0 Å². The summed E-state index contributed by atoms with van der Waals surface area (Å²) in [5, 5.41) is 0. The van der Waals surface area contributed by atoms with Crippen LogP contribution >= 0.6 is 0 Å². The summed E-state index contributed by atoms with van der Waals surface area (Å²) in [6, 6.07) is 20.1. The van der Waals surface area contributed by atoms with Crippen molar-refractivity contribution in [1.29, 1.82) is 0 Å². The molecule has 2 aromatic rings. The Morgan fingerprint density at radius 3 is 2.20 bits per heavy atom. The third kappa shape index (κ3) is 6.31. The number of aryl methyl sites for hydroxylation is 1. The van der Waals surface area contributed by atoms with Gasteiger partial charge >= 0.3 is 0 Å². The molecule has 25 heavy (non-hydrogen) atoms. The molecule has 0 N–H and O–H groups in total. The van der Waals surface area contributed by atoms with E-state index in [1.165, 1.54) is 24.9 Å². The van der Waals surface area contributed by atoms with Gasteiger partial charge < -0.3 is 12.3 Å². The summed E-state index contributed by atoms with van der Waals surface area (Å²) in [5.74, 6) is 1.26. The minimum Gasteiger partial charge on any atom is -0.358 e. The maximum absolute atomic E-state index is 2.45. The van der Waals surface area contributed by atoms with Crippen molar-refractivity contribution in [2.75, 3.05) is 20.1 Å². The molecule has 0 fully saturated rings. The maximum Gasteiger partial charge on any atom is 0.0133 e. The quantitative estimate of drug-likeness (QED) is 0.572. The molecule has 2 atom stereocenters. The van der Waals surface area contributed by atoms with Crippen LogP contribution in [0.3, 0.4) is 0 Å². The summed E-state index contributed by atoms with van der Waals surface area (Å²) in [5.41, 5.74) is 4.56. The minimum absolute atomic E-state index is 0. The van der Waals surface area contributed by atoms with Gasteiger partial charge in [-0.15, -0.1) is 0 Å². The molecule has 2 aromatic carbocycles. The Bertz CT molecular complexity index is 582. The van der Waals surface area contributed by atoms with E-state index in [4.69, 9.17) is 0 Å². The molecule has 3 rings (SSSR count). The number of hydrogen-bond donors (Lipinski definition) is 0.